The number of aromatic nitrogens is 1. The van der Waals surface area contributed by atoms with Crippen LogP contribution in [0.25, 0.3) is 0 Å². The van der Waals surface area contributed by atoms with Crippen LogP contribution < -0.4 is 16.0 Å². The molecule has 1 heterocycles. The van der Waals surface area contributed by atoms with E-state index in [0.29, 0.717) is 13.0 Å². The van der Waals surface area contributed by atoms with Crippen LogP contribution in [0, 0.1) is 0 Å². The molecule has 0 radical (unpaired) electrons. The van der Waals surface area contributed by atoms with Crippen LogP contribution in [0.2, 0.25) is 0 Å². The maximum Gasteiger partial charge on any atom is 0.221 e. The Balaban J connectivity index is 2.30. The smallest absolute Gasteiger partial charge is 0.221 e. The molecule has 0 aliphatic carbocycles. The van der Waals surface area contributed by atoms with Gasteiger partial charge in [-0.1, -0.05) is 19.9 Å². The van der Waals surface area contributed by atoms with Crippen molar-refractivity contribution < 1.29 is 4.79 Å². The van der Waals surface area contributed by atoms with Crippen LogP contribution in [0.3, 0.4) is 0 Å². The van der Waals surface area contributed by atoms with Gasteiger partial charge in [-0.05, 0) is 25.0 Å². The topological polar surface area (TPSA) is 66.1 Å². The molecule has 3 N–H and O–H groups in total. The zero-order chi connectivity index (χ0) is 13.9. The summed E-state index contributed by atoms with van der Waals surface area (Å²) in [4.78, 5) is 15.8. The molecule has 0 unspecified atom stereocenters. The highest BCUT2D eigenvalue weighted by Gasteiger charge is 2.00. The van der Waals surface area contributed by atoms with Crippen molar-refractivity contribution in [1.82, 2.24) is 10.3 Å². The molecule has 0 bridgehead atoms. The molecule has 0 atom stereocenters. The molecule has 0 saturated carbocycles. The van der Waals surface area contributed by atoms with E-state index in [1.807, 2.05) is 25.1 Å². The van der Waals surface area contributed by atoms with Gasteiger partial charge in [0.05, 0.1) is 0 Å². The molecule has 1 amide bonds. The Morgan fingerprint density at radius 1 is 1.05 bits per heavy atom. The largest absolute Gasteiger partial charge is 0.370 e. The Kier molecular flexibility index (Phi) is 7.39. The van der Waals surface area contributed by atoms with E-state index in [4.69, 9.17) is 0 Å². The number of nitrogens with one attached hydrogen (secondary N) is 3. The van der Waals surface area contributed by atoms with Crippen LogP contribution in [0.1, 0.15) is 33.1 Å². The molecule has 0 aliphatic rings. The first-order chi connectivity index (χ1) is 9.26. The first-order valence-corrected chi connectivity index (χ1v) is 6.97. The summed E-state index contributed by atoms with van der Waals surface area (Å²) in [6, 6.07) is 5.79. The molecule has 0 aromatic carbocycles. The molecular weight excluding hydrogens is 240 g/mol. The van der Waals surface area contributed by atoms with E-state index in [9.17, 15) is 4.79 Å². The zero-order valence-corrected chi connectivity index (χ0v) is 11.8. The normalized spacial score (nSPS) is 10.0. The molecule has 1 rings (SSSR count). The average molecular weight is 264 g/mol. The van der Waals surface area contributed by atoms with Gasteiger partial charge in [-0.3, -0.25) is 4.79 Å². The van der Waals surface area contributed by atoms with Crippen LogP contribution in [0.4, 0.5) is 11.6 Å². The Bertz CT molecular complexity index is 381. The third-order valence-electron chi connectivity index (χ3n) is 2.54. The van der Waals surface area contributed by atoms with Crippen LogP contribution in [0.5, 0.6) is 0 Å². The predicted molar refractivity (Wildman–Crippen MR) is 79.4 cm³/mol. The summed E-state index contributed by atoms with van der Waals surface area (Å²) in [6.07, 6.45) is 2.50. The molecule has 19 heavy (non-hydrogen) atoms. The molecule has 1 aromatic rings. The minimum absolute atomic E-state index is 0.0783. The van der Waals surface area contributed by atoms with Crippen molar-refractivity contribution >= 4 is 17.5 Å². The molecule has 5 nitrogen and oxygen atoms in total. The summed E-state index contributed by atoms with van der Waals surface area (Å²) in [5.41, 5.74) is 0. The second-order valence-electron chi connectivity index (χ2n) is 4.36. The van der Waals surface area contributed by atoms with Gasteiger partial charge in [-0.15, -0.1) is 0 Å². The lowest BCUT2D eigenvalue weighted by Crippen LogP contribution is -2.26. The lowest BCUT2D eigenvalue weighted by molar-refractivity contribution is -0.120. The maximum absolute atomic E-state index is 11.4. The van der Waals surface area contributed by atoms with Crippen molar-refractivity contribution in [2.75, 3.05) is 30.3 Å². The van der Waals surface area contributed by atoms with E-state index in [0.717, 1.165) is 37.6 Å². The van der Waals surface area contributed by atoms with E-state index >= 15 is 0 Å². The fourth-order valence-electron chi connectivity index (χ4n) is 1.54. The van der Waals surface area contributed by atoms with Gasteiger partial charge in [-0.2, -0.15) is 0 Å². The lowest BCUT2D eigenvalue weighted by atomic mass is 10.3. The Labute approximate surface area is 115 Å². The van der Waals surface area contributed by atoms with Gasteiger partial charge in [0, 0.05) is 26.1 Å². The third-order valence-corrected chi connectivity index (χ3v) is 2.54. The fraction of sp³-hybridized carbons (Fsp3) is 0.571. The van der Waals surface area contributed by atoms with Crippen LogP contribution >= 0.6 is 0 Å². The van der Waals surface area contributed by atoms with Crippen molar-refractivity contribution in [3.05, 3.63) is 18.2 Å². The number of nitrogens with zero attached hydrogens (tertiary/aromatic N) is 1. The van der Waals surface area contributed by atoms with Crippen molar-refractivity contribution in [3.8, 4) is 0 Å². The fourth-order valence-corrected chi connectivity index (χ4v) is 1.54. The molecule has 0 spiro atoms. The minimum Gasteiger partial charge on any atom is -0.370 e. The minimum atomic E-state index is 0.0783. The number of pyridine rings is 1. The van der Waals surface area contributed by atoms with Crippen LogP contribution in [-0.4, -0.2) is 30.5 Å². The maximum atomic E-state index is 11.4. The highest BCUT2D eigenvalue weighted by Crippen LogP contribution is 2.08. The highest BCUT2D eigenvalue weighted by atomic mass is 16.1. The Hall–Kier alpha value is -1.78. The molecule has 1 aromatic heterocycles. The van der Waals surface area contributed by atoms with Gasteiger partial charge >= 0.3 is 0 Å². The van der Waals surface area contributed by atoms with E-state index < -0.39 is 0 Å². The standard InChI is InChI=1S/C14H24N4O/c1-3-9-15-12-6-5-7-13(18-12)16-11-8-14(19)17-10-4-2/h5-7H,3-4,8-11H2,1-2H3,(H,17,19)(H2,15,16,18). The highest BCUT2D eigenvalue weighted by molar-refractivity contribution is 5.76. The van der Waals surface area contributed by atoms with Gasteiger partial charge in [0.25, 0.3) is 0 Å². The number of anilines is 2. The monoisotopic (exact) mass is 264 g/mol. The van der Waals surface area contributed by atoms with Crippen LogP contribution in [0.15, 0.2) is 18.2 Å². The van der Waals surface area contributed by atoms with Gasteiger partial charge in [0.1, 0.15) is 11.6 Å². The molecule has 0 aliphatic heterocycles. The average Bonchev–Trinajstić information content (AvgIpc) is 2.43. The SMILES string of the molecule is CCCNC(=O)CCNc1cccc(NCCC)n1. The molecule has 106 valence electrons. The van der Waals surface area contributed by atoms with E-state index in [1.54, 1.807) is 0 Å². The summed E-state index contributed by atoms with van der Waals surface area (Å²) < 4.78 is 0. The first-order valence-electron chi connectivity index (χ1n) is 6.97. The van der Waals surface area contributed by atoms with Crippen LogP contribution in [-0.2, 0) is 4.79 Å². The molecule has 5 heteroatoms. The number of amides is 1. The van der Waals surface area contributed by atoms with E-state index in [-0.39, 0.29) is 5.91 Å². The number of hydrogen-bond donors (Lipinski definition) is 3. The van der Waals surface area contributed by atoms with E-state index in [1.165, 1.54) is 0 Å². The summed E-state index contributed by atoms with van der Waals surface area (Å²) >= 11 is 0. The molecular formula is C14H24N4O. The summed E-state index contributed by atoms with van der Waals surface area (Å²) in [7, 11) is 0. The predicted octanol–water partition coefficient (Wildman–Crippen LogP) is 2.23. The Morgan fingerprint density at radius 3 is 2.32 bits per heavy atom. The number of rotatable bonds is 9. The third kappa shape index (κ3) is 6.64. The van der Waals surface area contributed by atoms with Gasteiger partial charge in [0.15, 0.2) is 0 Å². The van der Waals surface area contributed by atoms with Crippen molar-refractivity contribution in [2.24, 2.45) is 0 Å². The first kappa shape index (κ1) is 15.3. The van der Waals surface area contributed by atoms with Crippen molar-refractivity contribution in [3.63, 3.8) is 0 Å². The summed E-state index contributed by atoms with van der Waals surface area (Å²) in [5.74, 6) is 1.74. The Morgan fingerprint density at radius 2 is 1.68 bits per heavy atom. The molecule has 0 fully saturated rings. The lowest BCUT2D eigenvalue weighted by Gasteiger charge is -2.08. The van der Waals surface area contributed by atoms with Crippen molar-refractivity contribution in [2.45, 2.75) is 33.1 Å². The second kappa shape index (κ2) is 9.19. The number of carbonyl (C=O) groups is 1. The zero-order valence-electron chi connectivity index (χ0n) is 11.8. The number of hydrogen-bond acceptors (Lipinski definition) is 4. The summed E-state index contributed by atoms with van der Waals surface area (Å²) in [6.45, 7) is 6.41. The van der Waals surface area contributed by atoms with Crippen molar-refractivity contribution in [1.29, 1.82) is 0 Å². The van der Waals surface area contributed by atoms with Gasteiger partial charge in [-0.25, -0.2) is 4.98 Å². The quantitative estimate of drug-likeness (QED) is 0.640. The number of carbonyl (C=O) groups excluding carboxylic acids is 1. The van der Waals surface area contributed by atoms with Gasteiger partial charge < -0.3 is 16.0 Å². The van der Waals surface area contributed by atoms with E-state index in [2.05, 4.69) is 27.9 Å². The summed E-state index contributed by atoms with van der Waals surface area (Å²) in [5, 5.41) is 9.23. The van der Waals surface area contributed by atoms with Gasteiger partial charge in [0.2, 0.25) is 5.91 Å². The molecule has 0 saturated heterocycles. The second-order valence-corrected chi connectivity index (χ2v) is 4.36.